The number of aromatic nitrogens is 2. The predicted molar refractivity (Wildman–Crippen MR) is 42.4 cm³/mol. The molecule has 0 radical (unpaired) electrons. The van der Waals surface area contributed by atoms with Gasteiger partial charge >= 0.3 is 0 Å². The molecule has 0 aliphatic heterocycles. The lowest BCUT2D eigenvalue weighted by atomic mass is 10.5. The minimum absolute atomic E-state index is 0.151. The molecule has 0 unspecified atom stereocenters. The zero-order valence-electron chi connectivity index (χ0n) is 6.63. The number of amides is 1. The van der Waals surface area contributed by atoms with Gasteiger partial charge in [0.15, 0.2) is 0 Å². The van der Waals surface area contributed by atoms with Gasteiger partial charge in [0.1, 0.15) is 5.82 Å². The number of nitrogens with zero attached hydrogens (tertiary/aromatic N) is 1. The SMILES string of the molecule is CC(=O)NCc1nccc(=O)[nH]1. The van der Waals surface area contributed by atoms with Crippen molar-refractivity contribution in [2.45, 2.75) is 13.5 Å². The van der Waals surface area contributed by atoms with Crippen molar-refractivity contribution in [1.82, 2.24) is 15.3 Å². The Balaban J connectivity index is 2.64. The maximum atomic E-state index is 10.7. The summed E-state index contributed by atoms with van der Waals surface area (Å²) < 4.78 is 0. The minimum atomic E-state index is -0.217. The lowest BCUT2D eigenvalue weighted by Gasteiger charge is -1.99. The van der Waals surface area contributed by atoms with Gasteiger partial charge in [-0.1, -0.05) is 0 Å². The van der Waals surface area contributed by atoms with Gasteiger partial charge in [-0.3, -0.25) is 9.59 Å². The topological polar surface area (TPSA) is 74.8 Å². The molecule has 12 heavy (non-hydrogen) atoms. The van der Waals surface area contributed by atoms with E-state index in [1.54, 1.807) is 0 Å². The number of hydrogen-bond acceptors (Lipinski definition) is 3. The van der Waals surface area contributed by atoms with Gasteiger partial charge in [-0.15, -0.1) is 0 Å². The largest absolute Gasteiger partial charge is 0.349 e. The smallest absolute Gasteiger partial charge is 0.250 e. The molecule has 0 spiro atoms. The standard InChI is InChI=1S/C7H9N3O2/c1-5(11)9-4-6-8-3-2-7(12)10-6/h2-3H,4H2,1H3,(H,9,11)(H,8,10,12). The minimum Gasteiger partial charge on any atom is -0.349 e. The number of nitrogens with one attached hydrogen (secondary N) is 2. The Hall–Kier alpha value is -1.65. The molecule has 0 bridgehead atoms. The van der Waals surface area contributed by atoms with E-state index in [0.717, 1.165) is 0 Å². The van der Waals surface area contributed by atoms with Crippen LogP contribution >= 0.6 is 0 Å². The Morgan fingerprint density at radius 1 is 1.75 bits per heavy atom. The molecule has 1 rings (SSSR count). The van der Waals surface area contributed by atoms with Gasteiger partial charge in [0.25, 0.3) is 5.56 Å². The van der Waals surface area contributed by atoms with Crippen LogP contribution in [0.1, 0.15) is 12.7 Å². The molecule has 0 fully saturated rings. The molecule has 0 aromatic carbocycles. The highest BCUT2D eigenvalue weighted by atomic mass is 16.1. The summed E-state index contributed by atoms with van der Waals surface area (Å²) in [6, 6.07) is 1.32. The van der Waals surface area contributed by atoms with Crippen molar-refractivity contribution in [1.29, 1.82) is 0 Å². The number of rotatable bonds is 2. The zero-order chi connectivity index (χ0) is 8.97. The third-order valence-corrected chi connectivity index (χ3v) is 1.23. The van der Waals surface area contributed by atoms with Crippen LogP contribution in [0.4, 0.5) is 0 Å². The molecule has 1 aromatic heterocycles. The lowest BCUT2D eigenvalue weighted by molar-refractivity contribution is -0.119. The van der Waals surface area contributed by atoms with E-state index < -0.39 is 0 Å². The van der Waals surface area contributed by atoms with Crippen LogP contribution in [-0.4, -0.2) is 15.9 Å². The summed E-state index contributed by atoms with van der Waals surface area (Å²) in [7, 11) is 0. The maximum Gasteiger partial charge on any atom is 0.250 e. The molecule has 2 N–H and O–H groups in total. The maximum absolute atomic E-state index is 10.7. The summed E-state index contributed by atoms with van der Waals surface area (Å²) >= 11 is 0. The monoisotopic (exact) mass is 167 g/mol. The number of aromatic amines is 1. The van der Waals surface area contributed by atoms with Crippen molar-refractivity contribution in [3.8, 4) is 0 Å². The number of H-pyrrole nitrogens is 1. The third-order valence-electron chi connectivity index (χ3n) is 1.23. The molecule has 0 aliphatic rings. The average molecular weight is 167 g/mol. The molecule has 0 atom stereocenters. The van der Waals surface area contributed by atoms with Crippen molar-refractivity contribution < 1.29 is 4.79 Å². The van der Waals surface area contributed by atoms with Crippen LogP contribution in [0.2, 0.25) is 0 Å². The Labute approximate surface area is 68.8 Å². The van der Waals surface area contributed by atoms with Crippen molar-refractivity contribution in [2.75, 3.05) is 0 Å². The third kappa shape index (κ3) is 2.53. The van der Waals surface area contributed by atoms with Gasteiger partial charge in [0.2, 0.25) is 5.91 Å². The zero-order valence-corrected chi connectivity index (χ0v) is 6.63. The molecular formula is C7H9N3O2. The second kappa shape index (κ2) is 3.66. The molecule has 1 heterocycles. The lowest BCUT2D eigenvalue weighted by Crippen LogP contribution is -2.22. The molecule has 0 aliphatic carbocycles. The normalized spacial score (nSPS) is 9.42. The molecule has 64 valence electrons. The van der Waals surface area contributed by atoms with E-state index in [1.165, 1.54) is 19.2 Å². The Morgan fingerprint density at radius 2 is 2.50 bits per heavy atom. The van der Waals surface area contributed by atoms with Crippen molar-refractivity contribution in [3.05, 3.63) is 28.4 Å². The summed E-state index contributed by atoms with van der Waals surface area (Å²) in [4.78, 5) is 27.5. The summed E-state index contributed by atoms with van der Waals surface area (Å²) in [6.45, 7) is 1.66. The van der Waals surface area contributed by atoms with E-state index in [-0.39, 0.29) is 18.0 Å². The molecular weight excluding hydrogens is 158 g/mol. The summed E-state index contributed by atoms with van der Waals surface area (Å²) in [6.07, 6.45) is 1.40. The summed E-state index contributed by atoms with van der Waals surface area (Å²) in [5.74, 6) is 0.305. The van der Waals surface area contributed by atoms with E-state index in [4.69, 9.17) is 0 Å². The highest BCUT2D eigenvalue weighted by Crippen LogP contribution is 1.81. The molecule has 1 aromatic rings. The van der Waals surface area contributed by atoms with Crippen LogP contribution in [0.25, 0.3) is 0 Å². The van der Waals surface area contributed by atoms with Crippen LogP contribution in [0.5, 0.6) is 0 Å². The Morgan fingerprint density at radius 3 is 3.08 bits per heavy atom. The van der Waals surface area contributed by atoms with Crippen LogP contribution in [-0.2, 0) is 11.3 Å². The number of carbonyl (C=O) groups is 1. The fourth-order valence-corrected chi connectivity index (χ4v) is 0.709. The first kappa shape index (κ1) is 8.45. The van der Waals surface area contributed by atoms with E-state index in [1.807, 2.05) is 0 Å². The second-order valence-corrected chi connectivity index (χ2v) is 2.29. The first-order valence-electron chi connectivity index (χ1n) is 3.47. The van der Waals surface area contributed by atoms with Gasteiger partial charge in [0.05, 0.1) is 6.54 Å². The molecule has 0 saturated carbocycles. The molecule has 1 amide bonds. The molecule has 5 heteroatoms. The highest BCUT2D eigenvalue weighted by Gasteiger charge is 1.95. The fraction of sp³-hybridized carbons (Fsp3) is 0.286. The van der Waals surface area contributed by atoms with Gasteiger partial charge in [-0.05, 0) is 0 Å². The van der Waals surface area contributed by atoms with E-state index in [0.29, 0.717) is 5.82 Å². The van der Waals surface area contributed by atoms with Crippen molar-refractivity contribution >= 4 is 5.91 Å². The van der Waals surface area contributed by atoms with Crippen LogP contribution < -0.4 is 10.9 Å². The number of carbonyl (C=O) groups excluding carboxylic acids is 1. The average Bonchev–Trinajstić information content (AvgIpc) is 2.01. The van der Waals surface area contributed by atoms with E-state index in [2.05, 4.69) is 15.3 Å². The summed E-state index contributed by atoms with van der Waals surface area (Å²) in [5, 5.41) is 2.52. The van der Waals surface area contributed by atoms with Crippen molar-refractivity contribution in [2.24, 2.45) is 0 Å². The first-order chi connectivity index (χ1) is 5.68. The Bertz CT molecular complexity index is 331. The van der Waals surface area contributed by atoms with Gasteiger partial charge in [-0.25, -0.2) is 4.98 Å². The predicted octanol–water partition coefficient (Wildman–Crippen LogP) is -0.594. The molecule has 0 saturated heterocycles. The van der Waals surface area contributed by atoms with E-state index >= 15 is 0 Å². The summed E-state index contributed by atoms with van der Waals surface area (Å²) in [5.41, 5.74) is -0.217. The number of hydrogen-bond donors (Lipinski definition) is 2. The van der Waals surface area contributed by atoms with E-state index in [9.17, 15) is 9.59 Å². The Kier molecular flexibility index (Phi) is 2.57. The molecule has 5 nitrogen and oxygen atoms in total. The van der Waals surface area contributed by atoms with Crippen LogP contribution in [0.15, 0.2) is 17.1 Å². The van der Waals surface area contributed by atoms with Gasteiger partial charge in [0, 0.05) is 19.2 Å². The van der Waals surface area contributed by atoms with Crippen LogP contribution in [0.3, 0.4) is 0 Å². The fourth-order valence-electron chi connectivity index (χ4n) is 0.709. The van der Waals surface area contributed by atoms with Crippen molar-refractivity contribution in [3.63, 3.8) is 0 Å². The second-order valence-electron chi connectivity index (χ2n) is 2.29. The first-order valence-corrected chi connectivity index (χ1v) is 3.47. The quantitative estimate of drug-likeness (QED) is 0.618. The van der Waals surface area contributed by atoms with Crippen LogP contribution in [0, 0.1) is 0 Å². The van der Waals surface area contributed by atoms with Gasteiger partial charge in [-0.2, -0.15) is 0 Å². The van der Waals surface area contributed by atoms with Gasteiger partial charge < -0.3 is 10.3 Å². The highest BCUT2D eigenvalue weighted by molar-refractivity contribution is 5.72.